The first-order valence-corrected chi connectivity index (χ1v) is 6.26. The molecule has 0 spiro atoms. The lowest BCUT2D eigenvalue weighted by molar-refractivity contribution is -0.137. The number of likely N-dealkylation sites (tertiary alicyclic amines) is 1. The van der Waals surface area contributed by atoms with Gasteiger partial charge in [-0.15, -0.1) is 0 Å². The van der Waals surface area contributed by atoms with Crippen LogP contribution >= 0.6 is 0 Å². The van der Waals surface area contributed by atoms with E-state index in [2.05, 4.69) is 5.32 Å². The average molecular weight is 256 g/mol. The molecule has 6 nitrogen and oxygen atoms in total. The summed E-state index contributed by atoms with van der Waals surface area (Å²) in [5, 5.41) is 2.74. The van der Waals surface area contributed by atoms with Gasteiger partial charge in [-0.1, -0.05) is 0 Å². The monoisotopic (exact) mass is 256 g/mol. The molecule has 6 heteroatoms. The van der Waals surface area contributed by atoms with Gasteiger partial charge in [-0.3, -0.25) is 9.59 Å². The summed E-state index contributed by atoms with van der Waals surface area (Å²) in [7, 11) is 3.26. The van der Waals surface area contributed by atoms with Crippen LogP contribution < -0.4 is 5.32 Å². The van der Waals surface area contributed by atoms with Crippen LogP contribution in [0.25, 0.3) is 0 Å². The summed E-state index contributed by atoms with van der Waals surface area (Å²) in [5.74, 6) is 0.0254. The Morgan fingerprint density at radius 3 is 2.33 bits per heavy atom. The molecule has 3 unspecified atom stereocenters. The summed E-state index contributed by atoms with van der Waals surface area (Å²) < 4.78 is 10.6. The topological polar surface area (TPSA) is 67.9 Å². The van der Waals surface area contributed by atoms with Crippen LogP contribution in [0.2, 0.25) is 0 Å². The van der Waals surface area contributed by atoms with Gasteiger partial charge in [0.1, 0.15) is 12.2 Å². The number of ether oxygens (including phenoxy) is 2. The van der Waals surface area contributed by atoms with Crippen LogP contribution in [0.15, 0.2) is 0 Å². The summed E-state index contributed by atoms with van der Waals surface area (Å²) in [6.45, 7) is 1.58. The van der Waals surface area contributed by atoms with E-state index in [9.17, 15) is 9.59 Å². The summed E-state index contributed by atoms with van der Waals surface area (Å²) >= 11 is 0. The van der Waals surface area contributed by atoms with Crippen LogP contribution in [-0.4, -0.2) is 62.8 Å². The number of nitrogens with one attached hydrogen (secondary N) is 1. The third kappa shape index (κ3) is 2.64. The van der Waals surface area contributed by atoms with Gasteiger partial charge >= 0.3 is 0 Å². The van der Waals surface area contributed by atoms with Gasteiger partial charge in [-0.05, 0) is 6.42 Å². The third-order valence-electron chi connectivity index (χ3n) is 3.75. The molecule has 0 aromatic rings. The van der Waals surface area contributed by atoms with Crippen LogP contribution in [0.4, 0.5) is 0 Å². The van der Waals surface area contributed by atoms with E-state index in [1.165, 1.54) is 0 Å². The molecule has 0 saturated carbocycles. The van der Waals surface area contributed by atoms with Crippen LogP contribution in [0.1, 0.15) is 12.8 Å². The Morgan fingerprint density at radius 1 is 1.28 bits per heavy atom. The second-order valence-corrected chi connectivity index (χ2v) is 4.83. The van der Waals surface area contributed by atoms with Crippen LogP contribution in [0, 0.1) is 5.92 Å². The fourth-order valence-corrected chi connectivity index (χ4v) is 2.58. The standard InChI is InChI=1S/C12H20N2O4/c1-17-9-6-14(7-10(9)18-2)12(16)8-3-4-11(15)13-5-8/h8-10H,3-7H2,1-2H3,(H,13,15). The Morgan fingerprint density at radius 2 is 1.89 bits per heavy atom. The second kappa shape index (κ2) is 5.67. The molecule has 18 heavy (non-hydrogen) atoms. The Labute approximate surface area is 107 Å². The molecule has 0 aromatic heterocycles. The van der Waals surface area contributed by atoms with Crippen molar-refractivity contribution in [2.75, 3.05) is 33.9 Å². The van der Waals surface area contributed by atoms with Crippen molar-refractivity contribution in [2.24, 2.45) is 5.92 Å². The molecule has 2 aliphatic rings. The largest absolute Gasteiger partial charge is 0.377 e. The Balaban J connectivity index is 1.92. The molecule has 2 amide bonds. The minimum atomic E-state index is -0.101. The van der Waals surface area contributed by atoms with E-state index in [0.29, 0.717) is 32.5 Å². The SMILES string of the molecule is COC1CN(C(=O)C2CCC(=O)NC2)CC1OC. The number of amides is 2. The van der Waals surface area contributed by atoms with Crippen molar-refractivity contribution in [1.29, 1.82) is 0 Å². The lowest BCUT2D eigenvalue weighted by atomic mass is 9.98. The van der Waals surface area contributed by atoms with Crippen molar-refractivity contribution in [2.45, 2.75) is 25.0 Å². The van der Waals surface area contributed by atoms with E-state index in [4.69, 9.17) is 9.47 Å². The van der Waals surface area contributed by atoms with Crippen molar-refractivity contribution in [1.82, 2.24) is 10.2 Å². The Bertz CT molecular complexity index is 312. The predicted molar refractivity (Wildman–Crippen MR) is 63.9 cm³/mol. The molecule has 2 heterocycles. The minimum absolute atomic E-state index is 0.0324. The number of nitrogens with zero attached hydrogens (tertiary/aromatic N) is 1. The van der Waals surface area contributed by atoms with Crippen molar-refractivity contribution < 1.29 is 19.1 Å². The average Bonchev–Trinajstić information content (AvgIpc) is 2.82. The van der Waals surface area contributed by atoms with Gasteiger partial charge in [-0.2, -0.15) is 0 Å². The number of methoxy groups -OCH3 is 2. The highest BCUT2D eigenvalue weighted by atomic mass is 16.5. The van der Waals surface area contributed by atoms with Gasteiger partial charge in [0.25, 0.3) is 0 Å². The van der Waals surface area contributed by atoms with Crippen LogP contribution in [-0.2, 0) is 19.1 Å². The highest BCUT2D eigenvalue weighted by molar-refractivity contribution is 5.84. The maximum Gasteiger partial charge on any atom is 0.227 e. The van der Waals surface area contributed by atoms with E-state index >= 15 is 0 Å². The first kappa shape index (κ1) is 13.3. The van der Waals surface area contributed by atoms with Gasteiger partial charge in [0, 0.05) is 40.3 Å². The number of rotatable bonds is 3. The quantitative estimate of drug-likeness (QED) is 0.731. The molecule has 0 radical (unpaired) electrons. The van der Waals surface area contributed by atoms with E-state index in [1.807, 2.05) is 0 Å². The maximum absolute atomic E-state index is 12.3. The van der Waals surface area contributed by atoms with E-state index in [0.717, 1.165) is 0 Å². The zero-order valence-electron chi connectivity index (χ0n) is 10.8. The van der Waals surface area contributed by atoms with Gasteiger partial charge in [-0.25, -0.2) is 0 Å². The molecular weight excluding hydrogens is 236 g/mol. The summed E-state index contributed by atoms with van der Waals surface area (Å²) in [5.41, 5.74) is 0. The van der Waals surface area contributed by atoms with Crippen LogP contribution in [0.5, 0.6) is 0 Å². The smallest absolute Gasteiger partial charge is 0.227 e. The molecule has 102 valence electrons. The summed E-state index contributed by atoms with van der Waals surface area (Å²) in [6.07, 6.45) is 0.955. The zero-order chi connectivity index (χ0) is 13.1. The molecule has 2 rings (SSSR count). The van der Waals surface area contributed by atoms with E-state index in [-0.39, 0.29) is 29.9 Å². The minimum Gasteiger partial charge on any atom is -0.377 e. The molecule has 3 atom stereocenters. The van der Waals surface area contributed by atoms with E-state index in [1.54, 1.807) is 19.1 Å². The van der Waals surface area contributed by atoms with Gasteiger partial charge in [0.15, 0.2) is 0 Å². The van der Waals surface area contributed by atoms with Crippen molar-refractivity contribution in [3.05, 3.63) is 0 Å². The van der Waals surface area contributed by atoms with E-state index < -0.39 is 0 Å². The highest BCUT2D eigenvalue weighted by Gasteiger charge is 2.38. The fourth-order valence-electron chi connectivity index (χ4n) is 2.58. The van der Waals surface area contributed by atoms with Gasteiger partial charge in [0.05, 0.1) is 5.92 Å². The molecule has 2 aliphatic heterocycles. The number of carbonyl (C=O) groups excluding carboxylic acids is 2. The van der Waals surface area contributed by atoms with Crippen molar-refractivity contribution in [3.63, 3.8) is 0 Å². The summed E-state index contributed by atoms with van der Waals surface area (Å²) in [4.78, 5) is 25.1. The molecular formula is C12H20N2O4. The molecule has 0 aromatic carbocycles. The second-order valence-electron chi connectivity index (χ2n) is 4.83. The predicted octanol–water partition coefficient (Wildman–Crippen LogP) is -0.615. The Hall–Kier alpha value is -1.14. The fraction of sp³-hybridized carbons (Fsp3) is 0.833. The zero-order valence-corrected chi connectivity index (χ0v) is 10.8. The maximum atomic E-state index is 12.3. The highest BCUT2D eigenvalue weighted by Crippen LogP contribution is 2.21. The third-order valence-corrected chi connectivity index (χ3v) is 3.75. The number of hydrogen-bond donors (Lipinski definition) is 1. The molecule has 2 fully saturated rings. The number of hydrogen-bond acceptors (Lipinski definition) is 4. The van der Waals surface area contributed by atoms with Gasteiger partial charge < -0.3 is 19.7 Å². The normalized spacial score (nSPS) is 32.4. The first-order valence-electron chi connectivity index (χ1n) is 6.26. The van der Waals surface area contributed by atoms with Crippen molar-refractivity contribution in [3.8, 4) is 0 Å². The number of piperidine rings is 1. The summed E-state index contributed by atoms with van der Waals surface area (Å²) in [6, 6.07) is 0. The van der Waals surface area contributed by atoms with Crippen LogP contribution in [0.3, 0.4) is 0 Å². The Kier molecular flexibility index (Phi) is 4.19. The lowest BCUT2D eigenvalue weighted by Gasteiger charge is -2.26. The van der Waals surface area contributed by atoms with Gasteiger partial charge in [0.2, 0.25) is 11.8 Å². The molecule has 2 saturated heterocycles. The first-order chi connectivity index (χ1) is 8.65. The van der Waals surface area contributed by atoms with Crippen molar-refractivity contribution >= 4 is 11.8 Å². The number of carbonyl (C=O) groups is 2. The lowest BCUT2D eigenvalue weighted by Crippen LogP contribution is -2.44. The molecule has 1 N–H and O–H groups in total. The molecule has 0 aliphatic carbocycles. The molecule has 0 bridgehead atoms.